The summed E-state index contributed by atoms with van der Waals surface area (Å²) in [4.78, 5) is 4.40. The lowest BCUT2D eigenvalue weighted by Gasteiger charge is -2.20. The first kappa shape index (κ1) is 12.7. The monoisotopic (exact) mass is 266 g/mol. The predicted molar refractivity (Wildman–Crippen MR) is 81.4 cm³/mol. The lowest BCUT2D eigenvalue weighted by Crippen LogP contribution is -2.11. The Morgan fingerprint density at radius 2 is 1.80 bits per heavy atom. The number of imidazole rings is 1. The quantitative estimate of drug-likeness (QED) is 0.722. The number of fused-ring (bicyclic) bond motifs is 1. The van der Waals surface area contributed by atoms with Crippen LogP contribution in [0.5, 0.6) is 5.75 Å². The third kappa shape index (κ3) is 2.16. The Labute approximate surface area is 118 Å². The molecule has 3 aromatic rings. The Hall–Kier alpha value is -2.29. The van der Waals surface area contributed by atoms with Crippen LogP contribution in [0, 0.1) is 0 Å². The maximum atomic E-state index is 9.99. The number of rotatable bonds is 1. The van der Waals surface area contributed by atoms with E-state index < -0.39 is 0 Å². The van der Waals surface area contributed by atoms with E-state index in [1.54, 1.807) is 12.4 Å². The fourth-order valence-corrected chi connectivity index (χ4v) is 2.33. The zero-order chi connectivity index (χ0) is 14.3. The lowest BCUT2D eigenvalue weighted by molar-refractivity contribution is 0.470. The van der Waals surface area contributed by atoms with Crippen molar-refractivity contribution < 1.29 is 5.11 Å². The van der Waals surface area contributed by atoms with E-state index in [0.717, 1.165) is 22.3 Å². The molecule has 0 bridgehead atoms. The minimum absolute atomic E-state index is 0.0100. The van der Waals surface area contributed by atoms with Gasteiger partial charge in [0, 0.05) is 6.07 Å². The second-order valence-corrected chi connectivity index (χ2v) is 6.09. The topological polar surface area (TPSA) is 38.0 Å². The molecule has 2 aromatic carbocycles. The smallest absolute Gasteiger partial charge is 0.117 e. The van der Waals surface area contributed by atoms with Gasteiger partial charge in [0.05, 0.1) is 16.7 Å². The summed E-state index contributed by atoms with van der Waals surface area (Å²) in [6, 6.07) is 13.7. The van der Waals surface area contributed by atoms with Gasteiger partial charge in [-0.25, -0.2) is 4.98 Å². The molecule has 3 rings (SSSR count). The van der Waals surface area contributed by atoms with E-state index in [9.17, 15) is 5.11 Å². The van der Waals surface area contributed by atoms with Crippen molar-refractivity contribution in [2.24, 2.45) is 0 Å². The normalized spacial score (nSPS) is 11.9. The Kier molecular flexibility index (Phi) is 2.78. The van der Waals surface area contributed by atoms with E-state index >= 15 is 0 Å². The number of hydrogen-bond acceptors (Lipinski definition) is 2. The number of aromatic hydroxyl groups is 1. The van der Waals surface area contributed by atoms with Gasteiger partial charge in [0.15, 0.2) is 0 Å². The van der Waals surface area contributed by atoms with Crippen LogP contribution in [0.1, 0.15) is 26.3 Å². The van der Waals surface area contributed by atoms with E-state index in [2.05, 4.69) is 31.8 Å². The van der Waals surface area contributed by atoms with E-state index in [1.807, 2.05) is 34.9 Å². The van der Waals surface area contributed by atoms with Gasteiger partial charge in [0.25, 0.3) is 0 Å². The number of hydrogen-bond donors (Lipinski definition) is 1. The van der Waals surface area contributed by atoms with Crippen molar-refractivity contribution in [2.75, 3.05) is 0 Å². The molecule has 0 atom stereocenters. The maximum Gasteiger partial charge on any atom is 0.117 e. The summed E-state index contributed by atoms with van der Waals surface area (Å²) in [6.07, 6.45) is 1.80. The van der Waals surface area contributed by atoms with Crippen molar-refractivity contribution in [1.82, 2.24) is 9.55 Å². The Balaban J connectivity index is 2.22. The summed E-state index contributed by atoms with van der Waals surface area (Å²) >= 11 is 0. The van der Waals surface area contributed by atoms with Crippen molar-refractivity contribution in [3.63, 3.8) is 0 Å². The molecule has 0 fully saturated rings. The first-order chi connectivity index (χ1) is 9.45. The minimum Gasteiger partial charge on any atom is -0.508 e. The highest BCUT2D eigenvalue weighted by Crippen LogP contribution is 2.29. The van der Waals surface area contributed by atoms with Crippen LogP contribution in [0.4, 0.5) is 0 Å². The average molecular weight is 266 g/mol. The minimum atomic E-state index is -0.0100. The number of nitrogens with zero attached hydrogens (tertiary/aromatic N) is 2. The zero-order valence-corrected chi connectivity index (χ0v) is 12.0. The van der Waals surface area contributed by atoms with Gasteiger partial charge in [-0.1, -0.05) is 32.9 Å². The Morgan fingerprint density at radius 3 is 2.55 bits per heavy atom. The lowest BCUT2D eigenvalue weighted by atomic mass is 9.86. The fraction of sp³-hybridized carbons (Fsp3) is 0.235. The van der Waals surface area contributed by atoms with Gasteiger partial charge in [0.2, 0.25) is 0 Å². The van der Waals surface area contributed by atoms with Crippen molar-refractivity contribution in [3.05, 3.63) is 54.4 Å². The van der Waals surface area contributed by atoms with E-state index in [4.69, 9.17) is 0 Å². The van der Waals surface area contributed by atoms with Crippen LogP contribution in [0.3, 0.4) is 0 Å². The van der Waals surface area contributed by atoms with Crippen LogP contribution in [-0.4, -0.2) is 14.7 Å². The maximum absolute atomic E-state index is 9.99. The standard InChI is InChI=1S/C17H18N2O/c1-17(2,3)12-8-13(10-14(20)9-12)19-11-18-15-6-4-5-7-16(15)19/h4-11,20H,1-3H3. The molecule has 0 aliphatic rings. The second kappa shape index (κ2) is 4.37. The molecule has 0 radical (unpaired) electrons. The number of phenols is 1. The number of para-hydroxylation sites is 2. The van der Waals surface area contributed by atoms with E-state index in [0.29, 0.717) is 0 Å². The molecule has 0 unspecified atom stereocenters. The highest BCUT2D eigenvalue weighted by molar-refractivity contribution is 5.77. The highest BCUT2D eigenvalue weighted by atomic mass is 16.3. The van der Waals surface area contributed by atoms with Gasteiger partial charge >= 0.3 is 0 Å². The van der Waals surface area contributed by atoms with E-state index in [-0.39, 0.29) is 11.2 Å². The summed E-state index contributed by atoms with van der Waals surface area (Å²) in [5, 5.41) is 9.99. The molecule has 1 aromatic heterocycles. The molecule has 3 heteroatoms. The van der Waals surface area contributed by atoms with Gasteiger partial charge in [-0.15, -0.1) is 0 Å². The first-order valence-corrected chi connectivity index (χ1v) is 6.72. The molecule has 0 saturated heterocycles. The van der Waals surface area contributed by atoms with E-state index in [1.165, 1.54) is 0 Å². The second-order valence-electron chi connectivity index (χ2n) is 6.09. The molecule has 0 aliphatic carbocycles. The van der Waals surface area contributed by atoms with Crippen LogP contribution in [0.25, 0.3) is 16.7 Å². The van der Waals surface area contributed by atoms with Gasteiger partial charge in [-0.2, -0.15) is 0 Å². The molecular formula is C17H18N2O. The Bertz CT molecular complexity index is 766. The molecule has 20 heavy (non-hydrogen) atoms. The van der Waals surface area contributed by atoms with Gasteiger partial charge in [-0.05, 0) is 35.2 Å². The van der Waals surface area contributed by atoms with Crippen molar-refractivity contribution >= 4 is 11.0 Å². The van der Waals surface area contributed by atoms with Crippen molar-refractivity contribution in [1.29, 1.82) is 0 Å². The largest absolute Gasteiger partial charge is 0.508 e. The number of benzene rings is 2. The highest BCUT2D eigenvalue weighted by Gasteiger charge is 2.16. The summed E-state index contributed by atoms with van der Waals surface area (Å²) in [5.41, 5.74) is 4.02. The van der Waals surface area contributed by atoms with Gasteiger partial charge in [-0.3, -0.25) is 4.57 Å². The number of aromatic nitrogens is 2. The molecule has 1 heterocycles. The van der Waals surface area contributed by atoms with Crippen molar-refractivity contribution in [2.45, 2.75) is 26.2 Å². The Morgan fingerprint density at radius 1 is 1.05 bits per heavy atom. The van der Waals surface area contributed by atoms with Gasteiger partial charge < -0.3 is 5.11 Å². The number of phenolic OH excluding ortho intramolecular Hbond substituents is 1. The third-order valence-electron chi connectivity index (χ3n) is 3.50. The predicted octanol–water partition coefficient (Wildman–Crippen LogP) is 4.03. The summed E-state index contributed by atoms with van der Waals surface area (Å²) in [6.45, 7) is 6.41. The SMILES string of the molecule is CC(C)(C)c1cc(O)cc(-n2cnc3ccccc32)c1. The zero-order valence-electron chi connectivity index (χ0n) is 12.0. The first-order valence-electron chi connectivity index (χ1n) is 6.72. The molecule has 3 nitrogen and oxygen atoms in total. The van der Waals surface area contributed by atoms with Gasteiger partial charge in [0.1, 0.15) is 12.1 Å². The summed E-state index contributed by atoms with van der Waals surface area (Å²) in [5.74, 6) is 0.283. The van der Waals surface area contributed by atoms with Crippen LogP contribution in [0.15, 0.2) is 48.8 Å². The van der Waals surface area contributed by atoms with Crippen LogP contribution >= 0.6 is 0 Å². The fourth-order valence-electron chi connectivity index (χ4n) is 2.33. The molecule has 0 saturated carbocycles. The molecule has 1 N–H and O–H groups in total. The van der Waals surface area contributed by atoms with Crippen LogP contribution < -0.4 is 0 Å². The molecule has 0 aliphatic heterocycles. The van der Waals surface area contributed by atoms with Crippen LogP contribution in [0.2, 0.25) is 0 Å². The summed E-state index contributed by atoms with van der Waals surface area (Å²) in [7, 11) is 0. The molecule has 0 amide bonds. The summed E-state index contributed by atoms with van der Waals surface area (Å²) < 4.78 is 2.00. The molecule has 102 valence electrons. The van der Waals surface area contributed by atoms with Crippen LogP contribution in [-0.2, 0) is 5.41 Å². The molecular weight excluding hydrogens is 248 g/mol. The average Bonchev–Trinajstić information content (AvgIpc) is 2.80. The third-order valence-corrected chi connectivity index (χ3v) is 3.50. The molecule has 0 spiro atoms. The van der Waals surface area contributed by atoms with Crippen molar-refractivity contribution in [3.8, 4) is 11.4 Å².